The summed E-state index contributed by atoms with van der Waals surface area (Å²) < 4.78 is 30.1. The van der Waals surface area contributed by atoms with E-state index in [1.807, 2.05) is 6.07 Å². The van der Waals surface area contributed by atoms with Gasteiger partial charge in [0.1, 0.15) is 0 Å². The van der Waals surface area contributed by atoms with Crippen molar-refractivity contribution < 1.29 is 23.1 Å². The van der Waals surface area contributed by atoms with E-state index < -0.39 is 19.6 Å². The van der Waals surface area contributed by atoms with E-state index in [0.29, 0.717) is 24.9 Å². The molecule has 0 spiro atoms. The number of piperidine rings is 1. The summed E-state index contributed by atoms with van der Waals surface area (Å²) in [6.45, 7) is 0.919. The molecule has 0 radical (unpaired) electrons. The monoisotopic (exact) mass is 396 g/mol. The fraction of sp³-hybridized carbons (Fsp3) is 0.632. The minimum Gasteiger partial charge on any atom is -0.465 e. The van der Waals surface area contributed by atoms with Gasteiger partial charge in [0.2, 0.25) is 0 Å². The van der Waals surface area contributed by atoms with Gasteiger partial charge in [0.05, 0.1) is 23.9 Å². The highest BCUT2D eigenvalue weighted by Crippen LogP contribution is 2.50. The van der Waals surface area contributed by atoms with Crippen molar-refractivity contribution in [3.63, 3.8) is 0 Å². The summed E-state index contributed by atoms with van der Waals surface area (Å²) in [6.07, 6.45) is 3.52. The van der Waals surface area contributed by atoms with Crippen molar-refractivity contribution in [3.8, 4) is 0 Å². The number of ether oxygens (including phenoxy) is 1. The highest BCUT2D eigenvalue weighted by atomic mass is 31.2. The molecule has 2 aliphatic heterocycles. The van der Waals surface area contributed by atoms with Crippen molar-refractivity contribution in [1.29, 1.82) is 0 Å². The van der Waals surface area contributed by atoms with Crippen molar-refractivity contribution in [2.75, 3.05) is 20.3 Å². The summed E-state index contributed by atoms with van der Waals surface area (Å²) in [4.78, 5) is 12.8. The van der Waals surface area contributed by atoms with Gasteiger partial charge < -0.3 is 24.8 Å². The molecule has 150 valence electrons. The molecular weight excluding hydrogens is 367 g/mol. The molecule has 2 saturated heterocycles. The summed E-state index contributed by atoms with van der Waals surface area (Å²) in [5, 5.41) is 3.96. The third-order valence-electron chi connectivity index (χ3n) is 5.33. The fourth-order valence-electron chi connectivity index (χ4n) is 3.94. The Bertz CT molecular complexity index is 671. The predicted molar refractivity (Wildman–Crippen MR) is 103 cm³/mol. The van der Waals surface area contributed by atoms with Crippen molar-refractivity contribution in [2.24, 2.45) is 11.7 Å². The number of hydrogen-bond donors (Lipinski definition) is 2. The van der Waals surface area contributed by atoms with Gasteiger partial charge in [-0.3, -0.25) is 9.36 Å². The third-order valence-corrected chi connectivity index (χ3v) is 7.29. The van der Waals surface area contributed by atoms with Crippen LogP contribution in [0.15, 0.2) is 30.3 Å². The number of nitrogens with two attached hydrogens (primary N) is 1. The molecule has 0 saturated carbocycles. The van der Waals surface area contributed by atoms with Gasteiger partial charge in [-0.1, -0.05) is 18.2 Å². The van der Waals surface area contributed by atoms with Crippen LogP contribution in [0, 0.1) is 5.92 Å². The zero-order valence-electron chi connectivity index (χ0n) is 15.7. The number of hydrogen-bond acceptors (Lipinski definition) is 7. The van der Waals surface area contributed by atoms with Gasteiger partial charge in [-0.05, 0) is 50.8 Å². The fourth-order valence-corrected chi connectivity index (χ4v) is 5.47. The zero-order chi connectivity index (χ0) is 19.3. The quantitative estimate of drug-likeness (QED) is 0.374. The minimum absolute atomic E-state index is 0.0168. The average molecular weight is 396 g/mol. The molecule has 2 heterocycles. The van der Waals surface area contributed by atoms with Gasteiger partial charge in [0, 0.05) is 19.2 Å². The number of esters is 1. The molecule has 2 bridgehead atoms. The standard InChI is InChI=1S/C19H29N2O5P/c1-24-27(23,15-7-3-2-4-8-15)26-17-13-14-9-10-16(21-14)18(17)19(22)25-12-6-5-11-20/h2-4,7-8,14,16-18,21H,5-6,9-13,20H2,1H3/t14?,16?,17-,18+,27-/m0/s1. The van der Waals surface area contributed by atoms with Crippen LogP contribution in [0.3, 0.4) is 0 Å². The molecule has 2 fully saturated rings. The summed E-state index contributed by atoms with van der Waals surface area (Å²) in [5.74, 6) is -0.792. The number of rotatable bonds is 9. The van der Waals surface area contributed by atoms with Crippen LogP contribution in [-0.2, 0) is 23.1 Å². The van der Waals surface area contributed by atoms with Crippen molar-refractivity contribution in [2.45, 2.75) is 50.3 Å². The predicted octanol–water partition coefficient (Wildman–Crippen LogP) is 1.96. The lowest BCUT2D eigenvalue weighted by Gasteiger charge is -2.37. The molecule has 7 nitrogen and oxygen atoms in total. The minimum atomic E-state index is -3.51. The highest BCUT2D eigenvalue weighted by molar-refractivity contribution is 7.62. The van der Waals surface area contributed by atoms with Crippen molar-refractivity contribution in [1.82, 2.24) is 5.32 Å². The molecule has 8 heteroatoms. The second-order valence-electron chi connectivity index (χ2n) is 7.13. The third kappa shape index (κ3) is 4.79. The Morgan fingerprint density at radius 2 is 2.04 bits per heavy atom. The smallest absolute Gasteiger partial charge is 0.361 e. The number of carbonyl (C=O) groups excluding carboxylic acids is 1. The Morgan fingerprint density at radius 1 is 1.26 bits per heavy atom. The maximum atomic E-state index is 13.3. The lowest BCUT2D eigenvalue weighted by atomic mass is 9.89. The molecule has 3 rings (SSSR count). The van der Waals surface area contributed by atoms with E-state index in [9.17, 15) is 9.36 Å². The van der Waals surface area contributed by atoms with Crippen LogP contribution in [0.4, 0.5) is 0 Å². The van der Waals surface area contributed by atoms with Crippen LogP contribution in [0.5, 0.6) is 0 Å². The molecule has 0 aromatic heterocycles. The topological polar surface area (TPSA) is 99.9 Å². The Labute approximate surface area is 160 Å². The average Bonchev–Trinajstić information content (AvgIpc) is 3.07. The van der Waals surface area contributed by atoms with E-state index in [0.717, 1.165) is 25.7 Å². The van der Waals surface area contributed by atoms with E-state index in [2.05, 4.69) is 5.32 Å². The van der Waals surface area contributed by atoms with Crippen LogP contribution in [0.2, 0.25) is 0 Å². The molecule has 1 aromatic carbocycles. The summed E-state index contributed by atoms with van der Waals surface area (Å²) >= 11 is 0. The summed E-state index contributed by atoms with van der Waals surface area (Å²) in [7, 11) is -2.13. The van der Waals surface area contributed by atoms with E-state index in [4.69, 9.17) is 19.5 Å². The van der Waals surface area contributed by atoms with Crippen LogP contribution < -0.4 is 16.4 Å². The van der Waals surface area contributed by atoms with Gasteiger partial charge >= 0.3 is 13.6 Å². The number of benzene rings is 1. The van der Waals surface area contributed by atoms with E-state index in [-0.39, 0.29) is 18.1 Å². The second-order valence-corrected chi connectivity index (χ2v) is 9.22. The summed E-state index contributed by atoms with van der Waals surface area (Å²) in [5.41, 5.74) is 5.48. The number of carbonyl (C=O) groups is 1. The molecule has 5 atom stereocenters. The van der Waals surface area contributed by atoms with Crippen LogP contribution in [0.25, 0.3) is 0 Å². The number of nitrogens with one attached hydrogen (secondary N) is 1. The van der Waals surface area contributed by atoms with Gasteiger partial charge in [0.25, 0.3) is 0 Å². The molecule has 0 amide bonds. The molecule has 1 aromatic rings. The molecule has 27 heavy (non-hydrogen) atoms. The lowest BCUT2D eigenvalue weighted by Crippen LogP contribution is -2.52. The zero-order valence-corrected chi connectivity index (χ0v) is 16.6. The van der Waals surface area contributed by atoms with E-state index >= 15 is 0 Å². The first-order chi connectivity index (χ1) is 13.1. The van der Waals surface area contributed by atoms with Gasteiger partial charge in [-0.2, -0.15) is 0 Å². The van der Waals surface area contributed by atoms with E-state index in [1.165, 1.54) is 7.11 Å². The highest BCUT2D eigenvalue weighted by Gasteiger charge is 2.49. The number of unbranched alkanes of at least 4 members (excludes halogenated alkanes) is 1. The molecule has 2 aliphatic rings. The van der Waals surface area contributed by atoms with Crippen LogP contribution >= 0.6 is 7.60 Å². The maximum absolute atomic E-state index is 13.3. The van der Waals surface area contributed by atoms with Gasteiger partial charge in [-0.25, -0.2) is 0 Å². The van der Waals surface area contributed by atoms with Gasteiger partial charge in [0.15, 0.2) is 0 Å². The Morgan fingerprint density at radius 3 is 2.74 bits per heavy atom. The SMILES string of the molecule is CO[P@](=O)(O[C@H]1CC2CCC(N2)[C@H]1C(=O)OCCCCN)c1ccccc1. The van der Waals surface area contributed by atoms with E-state index in [1.54, 1.807) is 24.3 Å². The first-order valence-corrected chi connectivity index (χ1v) is 11.1. The van der Waals surface area contributed by atoms with Crippen molar-refractivity contribution >= 4 is 18.9 Å². The molecule has 3 N–H and O–H groups in total. The first kappa shape index (κ1) is 20.5. The van der Waals surface area contributed by atoms with Crippen LogP contribution in [0.1, 0.15) is 32.1 Å². The van der Waals surface area contributed by atoms with Crippen LogP contribution in [-0.4, -0.2) is 44.4 Å². The largest absolute Gasteiger partial charge is 0.465 e. The lowest BCUT2D eigenvalue weighted by molar-refractivity contribution is -0.154. The molecule has 0 aliphatic carbocycles. The Kier molecular flexibility index (Phi) is 7.06. The first-order valence-electron chi connectivity index (χ1n) is 9.60. The van der Waals surface area contributed by atoms with Crippen molar-refractivity contribution in [3.05, 3.63) is 30.3 Å². The Balaban J connectivity index is 1.74. The normalized spacial score (nSPS) is 29.3. The summed E-state index contributed by atoms with van der Waals surface area (Å²) in [6, 6.07) is 9.12. The number of fused-ring (bicyclic) bond motifs is 2. The molecule has 2 unspecified atom stereocenters. The Hall–Kier alpha value is -1.24. The maximum Gasteiger partial charge on any atom is 0.361 e. The second kappa shape index (κ2) is 9.30. The molecular formula is C19H29N2O5P. The van der Waals surface area contributed by atoms with Gasteiger partial charge in [-0.15, -0.1) is 0 Å².